The van der Waals surface area contributed by atoms with Gasteiger partial charge in [0.1, 0.15) is 5.75 Å². The molecule has 1 fully saturated rings. The van der Waals surface area contributed by atoms with Crippen LogP contribution in [0.4, 0.5) is 0 Å². The zero-order valence-corrected chi connectivity index (χ0v) is 11.6. The SMILES string of the molecule is CCOc1cncc(C2(N)CCC(C)C(C)C2)c1. The minimum absolute atomic E-state index is 0.230. The normalized spacial score (nSPS) is 32.2. The Bertz CT molecular complexity index is 407. The van der Waals surface area contributed by atoms with Crippen molar-refractivity contribution in [2.45, 2.75) is 45.6 Å². The van der Waals surface area contributed by atoms with Crippen LogP contribution < -0.4 is 10.5 Å². The van der Waals surface area contributed by atoms with Crippen molar-refractivity contribution >= 4 is 0 Å². The van der Waals surface area contributed by atoms with Crippen LogP contribution >= 0.6 is 0 Å². The average Bonchev–Trinajstić information content (AvgIpc) is 2.35. The van der Waals surface area contributed by atoms with Crippen LogP contribution in [-0.2, 0) is 5.54 Å². The fraction of sp³-hybridized carbons (Fsp3) is 0.667. The third-order valence-electron chi connectivity index (χ3n) is 4.30. The maximum Gasteiger partial charge on any atom is 0.137 e. The molecular weight excluding hydrogens is 224 g/mol. The fourth-order valence-corrected chi connectivity index (χ4v) is 2.85. The molecule has 0 aliphatic heterocycles. The predicted molar refractivity (Wildman–Crippen MR) is 73.5 cm³/mol. The molecule has 1 aliphatic carbocycles. The molecule has 0 aromatic carbocycles. The molecule has 0 saturated heterocycles. The maximum absolute atomic E-state index is 6.60. The summed E-state index contributed by atoms with van der Waals surface area (Å²) in [6.45, 7) is 7.26. The van der Waals surface area contributed by atoms with Crippen molar-refractivity contribution in [3.63, 3.8) is 0 Å². The summed E-state index contributed by atoms with van der Waals surface area (Å²) in [5.74, 6) is 2.26. The van der Waals surface area contributed by atoms with Crippen LogP contribution in [0.5, 0.6) is 5.75 Å². The van der Waals surface area contributed by atoms with Gasteiger partial charge >= 0.3 is 0 Å². The van der Waals surface area contributed by atoms with Gasteiger partial charge in [-0.3, -0.25) is 4.98 Å². The minimum atomic E-state index is -0.230. The smallest absolute Gasteiger partial charge is 0.137 e. The first kappa shape index (κ1) is 13.3. The standard InChI is InChI=1S/C15H24N2O/c1-4-18-14-7-13(9-17-10-14)15(16)6-5-11(2)12(3)8-15/h7,9-12H,4-6,8,16H2,1-3H3. The molecule has 0 bridgehead atoms. The van der Waals surface area contributed by atoms with E-state index in [9.17, 15) is 0 Å². The monoisotopic (exact) mass is 248 g/mol. The van der Waals surface area contributed by atoms with Gasteiger partial charge in [0.25, 0.3) is 0 Å². The van der Waals surface area contributed by atoms with Gasteiger partial charge in [-0.05, 0) is 49.7 Å². The Hall–Kier alpha value is -1.09. The molecule has 0 spiro atoms. The van der Waals surface area contributed by atoms with Crippen LogP contribution in [0.15, 0.2) is 18.5 Å². The second kappa shape index (κ2) is 5.27. The molecule has 3 heteroatoms. The molecule has 1 saturated carbocycles. The van der Waals surface area contributed by atoms with Crippen molar-refractivity contribution in [3.05, 3.63) is 24.0 Å². The average molecular weight is 248 g/mol. The molecule has 0 amide bonds. The topological polar surface area (TPSA) is 48.1 Å². The van der Waals surface area contributed by atoms with Gasteiger partial charge in [0.15, 0.2) is 0 Å². The van der Waals surface area contributed by atoms with E-state index in [1.807, 2.05) is 13.1 Å². The van der Waals surface area contributed by atoms with E-state index in [2.05, 4.69) is 24.9 Å². The number of nitrogens with zero attached hydrogens (tertiary/aromatic N) is 1. The number of hydrogen-bond donors (Lipinski definition) is 1. The molecule has 3 atom stereocenters. The lowest BCUT2D eigenvalue weighted by Gasteiger charge is -2.40. The van der Waals surface area contributed by atoms with Crippen LogP contribution in [0.25, 0.3) is 0 Å². The van der Waals surface area contributed by atoms with Gasteiger partial charge in [0, 0.05) is 11.7 Å². The van der Waals surface area contributed by atoms with Gasteiger partial charge in [-0.15, -0.1) is 0 Å². The van der Waals surface area contributed by atoms with E-state index in [4.69, 9.17) is 10.5 Å². The summed E-state index contributed by atoms with van der Waals surface area (Å²) < 4.78 is 5.51. The molecule has 0 radical (unpaired) electrons. The van der Waals surface area contributed by atoms with Crippen molar-refractivity contribution in [1.29, 1.82) is 0 Å². The summed E-state index contributed by atoms with van der Waals surface area (Å²) in [5.41, 5.74) is 7.49. The molecular formula is C15H24N2O. The highest BCUT2D eigenvalue weighted by molar-refractivity contribution is 5.29. The molecule has 18 heavy (non-hydrogen) atoms. The molecule has 1 heterocycles. The van der Waals surface area contributed by atoms with Crippen LogP contribution in [0.3, 0.4) is 0 Å². The van der Waals surface area contributed by atoms with Gasteiger partial charge in [-0.25, -0.2) is 0 Å². The van der Waals surface area contributed by atoms with Gasteiger partial charge in [-0.2, -0.15) is 0 Å². The van der Waals surface area contributed by atoms with E-state index in [1.165, 1.54) is 6.42 Å². The van der Waals surface area contributed by atoms with Crippen molar-refractivity contribution in [2.24, 2.45) is 17.6 Å². The first-order valence-electron chi connectivity index (χ1n) is 6.92. The Morgan fingerprint density at radius 2 is 2.17 bits per heavy atom. The molecule has 1 aromatic heterocycles. The summed E-state index contributed by atoms with van der Waals surface area (Å²) in [7, 11) is 0. The zero-order valence-electron chi connectivity index (χ0n) is 11.6. The van der Waals surface area contributed by atoms with E-state index in [1.54, 1.807) is 6.20 Å². The summed E-state index contributed by atoms with van der Waals surface area (Å²) >= 11 is 0. The molecule has 3 unspecified atom stereocenters. The lowest BCUT2D eigenvalue weighted by Crippen LogP contribution is -2.43. The maximum atomic E-state index is 6.60. The third-order valence-corrected chi connectivity index (χ3v) is 4.30. The number of rotatable bonds is 3. The lowest BCUT2D eigenvalue weighted by atomic mass is 9.69. The van der Waals surface area contributed by atoms with Crippen LogP contribution in [-0.4, -0.2) is 11.6 Å². The second-order valence-electron chi connectivity index (χ2n) is 5.70. The summed E-state index contributed by atoms with van der Waals surface area (Å²) in [5, 5.41) is 0. The van der Waals surface area contributed by atoms with Gasteiger partial charge in [0.2, 0.25) is 0 Å². The third kappa shape index (κ3) is 2.66. The van der Waals surface area contributed by atoms with Crippen LogP contribution in [0.2, 0.25) is 0 Å². The lowest BCUT2D eigenvalue weighted by molar-refractivity contribution is 0.176. The number of hydrogen-bond acceptors (Lipinski definition) is 3. The highest BCUT2D eigenvalue weighted by atomic mass is 16.5. The Morgan fingerprint density at radius 1 is 1.39 bits per heavy atom. The molecule has 1 aliphatic rings. The zero-order chi connectivity index (χ0) is 13.2. The van der Waals surface area contributed by atoms with Crippen molar-refractivity contribution < 1.29 is 4.74 Å². The number of pyridine rings is 1. The van der Waals surface area contributed by atoms with Gasteiger partial charge in [0.05, 0.1) is 12.8 Å². The number of ether oxygens (including phenoxy) is 1. The summed E-state index contributed by atoms with van der Waals surface area (Å²) in [6, 6.07) is 2.05. The predicted octanol–water partition coefficient (Wildman–Crippen LogP) is 3.09. The van der Waals surface area contributed by atoms with Crippen molar-refractivity contribution in [2.75, 3.05) is 6.61 Å². The minimum Gasteiger partial charge on any atom is -0.492 e. The van der Waals surface area contributed by atoms with Crippen LogP contribution in [0.1, 0.15) is 45.6 Å². The quantitative estimate of drug-likeness (QED) is 0.894. The van der Waals surface area contributed by atoms with Crippen molar-refractivity contribution in [3.8, 4) is 5.75 Å². The van der Waals surface area contributed by atoms with Crippen LogP contribution in [0, 0.1) is 11.8 Å². The highest BCUT2D eigenvalue weighted by Crippen LogP contribution is 2.41. The summed E-state index contributed by atoms with van der Waals surface area (Å²) in [4.78, 5) is 4.26. The van der Waals surface area contributed by atoms with Gasteiger partial charge < -0.3 is 10.5 Å². The Kier molecular flexibility index (Phi) is 3.91. The number of aromatic nitrogens is 1. The van der Waals surface area contributed by atoms with E-state index in [-0.39, 0.29) is 5.54 Å². The Labute approximate surface area is 110 Å². The largest absolute Gasteiger partial charge is 0.492 e. The van der Waals surface area contributed by atoms with E-state index >= 15 is 0 Å². The molecule has 3 nitrogen and oxygen atoms in total. The van der Waals surface area contributed by atoms with E-state index < -0.39 is 0 Å². The highest BCUT2D eigenvalue weighted by Gasteiger charge is 2.36. The van der Waals surface area contributed by atoms with Gasteiger partial charge in [-0.1, -0.05) is 13.8 Å². The Balaban J connectivity index is 2.21. The molecule has 2 N–H and O–H groups in total. The first-order valence-corrected chi connectivity index (χ1v) is 6.92. The fourth-order valence-electron chi connectivity index (χ4n) is 2.85. The number of nitrogens with two attached hydrogens (primary N) is 1. The molecule has 100 valence electrons. The van der Waals surface area contributed by atoms with E-state index in [0.717, 1.165) is 30.1 Å². The summed E-state index contributed by atoms with van der Waals surface area (Å²) in [6.07, 6.45) is 6.91. The molecule has 1 aromatic rings. The van der Waals surface area contributed by atoms with Crippen molar-refractivity contribution in [1.82, 2.24) is 4.98 Å². The second-order valence-corrected chi connectivity index (χ2v) is 5.70. The Morgan fingerprint density at radius 3 is 2.83 bits per heavy atom. The molecule has 2 rings (SSSR count). The first-order chi connectivity index (χ1) is 8.55. The van der Waals surface area contributed by atoms with E-state index in [0.29, 0.717) is 12.5 Å².